The zero-order valence-corrected chi connectivity index (χ0v) is 17.0. The minimum Gasteiger partial charge on any atom is -0.493 e. The third-order valence-corrected chi connectivity index (χ3v) is 5.42. The van der Waals surface area contributed by atoms with Crippen molar-refractivity contribution in [3.05, 3.63) is 36.7 Å². The van der Waals surface area contributed by atoms with Crippen LogP contribution in [0.2, 0.25) is 0 Å². The summed E-state index contributed by atoms with van der Waals surface area (Å²) in [7, 11) is 1.90. The minimum atomic E-state index is -0.0481. The Morgan fingerprint density at radius 3 is 2.90 bits per heavy atom. The molecule has 3 aromatic heterocycles. The first kappa shape index (κ1) is 19.2. The van der Waals surface area contributed by atoms with Gasteiger partial charge >= 0.3 is 0 Å². The lowest BCUT2D eigenvalue weighted by Crippen LogP contribution is -2.39. The van der Waals surface area contributed by atoms with Crippen LogP contribution in [0.3, 0.4) is 0 Å². The van der Waals surface area contributed by atoms with Gasteiger partial charge in [0.25, 0.3) is 0 Å². The Morgan fingerprint density at radius 2 is 2.14 bits per heavy atom. The van der Waals surface area contributed by atoms with Gasteiger partial charge in [0.05, 0.1) is 23.5 Å². The molecule has 29 heavy (non-hydrogen) atoms. The number of aromatic nitrogens is 4. The molecule has 1 atom stereocenters. The van der Waals surface area contributed by atoms with Gasteiger partial charge < -0.3 is 14.9 Å². The van der Waals surface area contributed by atoms with E-state index in [1.54, 1.807) is 29.0 Å². The summed E-state index contributed by atoms with van der Waals surface area (Å²) < 4.78 is 1.73. The van der Waals surface area contributed by atoms with Crippen molar-refractivity contribution in [1.29, 1.82) is 0 Å². The second kappa shape index (κ2) is 7.69. The Balaban J connectivity index is 1.57. The smallest absolute Gasteiger partial charge is 0.222 e. The number of anilines is 1. The molecule has 8 nitrogen and oxygen atoms in total. The summed E-state index contributed by atoms with van der Waals surface area (Å²) in [6.45, 7) is 5.72. The highest BCUT2D eigenvalue weighted by Gasteiger charge is 2.29. The normalized spacial score (nSPS) is 16.7. The SMILES string of the molecule is CC(C)CC(=O)N(C)C1CCN(c2ccc3ncc(-c4cccnc4O)n3n2)C1. The molecule has 1 amide bonds. The second-order valence-corrected chi connectivity index (χ2v) is 7.97. The van der Waals surface area contributed by atoms with Gasteiger partial charge in [0.1, 0.15) is 5.82 Å². The number of rotatable bonds is 5. The maximum atomic E-state index is 12.4. The summed E-state index contributed by atoms with van der Waals surface area (Å²) >= 11 is 0. The summed E-state index contributed by atoms with van der Waals surface area (Å²) in [6.07, 6.45) is 4.72. The first-order valence-corrected chi connectivity index (χ1v) is 9.93. The van der Waals surface area contributed by atoms with Gasteiger partial charge in [-0.1, -0.05) is 13.8 Å². The van der Waals surface area contributed by atoms with Gasteiger partial charge in [-0.05, 0) is 36.6 Å². The summed E-state index contributed by atoms with van der Waals surface area (Å²) in [5.74, 6) is 1.33. The van der Waals surface area contributed by atoms with Crippen LogP contribution in [0.15, 0.2) is 36.7 Å². The lowest BCUT2D eigenvalue weighted by molar-refractivity contribution is -0.132. The molecule has 0 aliphatic carbocycles. The molecule has 152 valence electrons. The van der Waals surface area contributed by atoms with Crippen molar-refractivity contribution in [3.8, 4) is 17.1 Å². The van der Waals surface area contributed by atoms with Crippen LogP contribution >= 0.6 is 0 Å². The zero-order valence-electron chi connectivity index (χ0n) is 17.0. The van der Waals surface area contributed by atoms with Crippen LogP contribution < -0.4 is 4.90 Å². The van der Waals surface area contributed by atoms with Crippen LogP contribution in [0.25, 0.3) is 16.9 Å². The Morgan fingerprint density at radius 1 is 1.31 bits per heavy atom. The molecule has 0 aromatic carbocycles. The van der Waals surface area contributed by atoms with Gasteiger partial charge in [0.2, 0.25) is 11.8 Å². The Kier molecular flexibility index (Phi) is 5.08. The van der Waals surface area contributed by atoms with Crippen molar-refractivity contribution in [2.45, 2.75) is 32.7 Å². The molecule has 3 aromatic rings. The van der Waals surface area contributed by atoms with Gasteiger partial charge in [-0.25, -0.2) is 14.5 Å². The number of likely N-dealkylation sites (N-methyl/N-ethyl adjacent to an activating group) is 1. The molecular weight excluding hydrogens is 368 g/mol. The van der Waals surface area contributed by atoms with E-state index in [0.717, 1.165) is 25.3 Å². The lowest BCUT2D eigenvalue weighted by atomic mass is 10.1. The number of carbonyl (C=O) groups excluding carboxylic acids is 1. The molecule has 1 N–H and O–H groups in total. The van der Waals surface area contributed by atoms with E-state index < -0.39 is 0 Å². The largest absolute Gasteiger partial charge is 0.493 e. The fraction of sp³-hybridized carbons (Fsp3) is 0.429. The monoisotopic (exact) mass is 394 g/mol. The van der Waals surface area contributed by atoms with E-state index in [-0.39, 0.29) is 17.8 Å². The highest BCUT2D eigenvalue weighted by molar-refractivity contribution is 5.76. The maximum Gasteiger partial charge on any atom is 0.222 e. The van der Waals surface area contributed by atoms with Crippen molar-refractivity contribution in [1.82, 2.24) is 24.5 Å². The van der Waals surface area contributed by atoms with Crippen LogP contribution in [-0.2, 0) is 4.79 Å². The van der Waals surface area contributed by atoms with E-state index in [1.165, 1.54) is 0 Å². The summed E-state index contributed by atoms with van der Waals surface area (Å²) in [5.41, 5.74) is 1.97. The molecule has 4 rings (SSSR count). The fourth-order valence-electron chi connectivity index (χ4n) is 3.78. The van der Waals surface area contributed by atoms with Gasteiger partial charge in [0.15, 0.2) is 5.65 Å². The molecule has 1 saturated heterocycles. The van der Waals surface area contributed by atoms with Crippen LogP contribution in [-0.4, -0.2) is 61.7 Å². The number of carbonyl (C=O) groups is 1. The van der Waals surface area contributed by atoms with Gasteiger partial charge in [-0.3, -0.25) is 4.79 Å². The van der Waals surface area contributed by atoms with Crippen LogP contribution in [0.4, 0.5) is 5.82 Å². The molecule has 0 radical (unpaired) electrons. The van der Waals surface area contributed by atoms with E-state index in [1.807, 2.05) is 24.1 Å². The molecule has 0 bridgehead atoms. The lowest BCUT2D eigenvalue weighted by Gasteiger charge is -2.26. The standard InChI is InChI=1S/C21H26N6O2/c1-14(2)11-20(28)25(3)15-8-10-26(13-15)19-7-6-18-23-12-17(27(18)24-19)16-5-4-9-22-21(16)29/h4-7,9,12,14-15H,8,10-11,13H2,1-3H3,(H,22,29). The third-order valence-electron chi connectivity index (χ3n) is 5.42. The van der Waals surface area contributed by atoms with Crippen molar-refractivity contribution in [2.24, 2.45) is 5.92 Å². The number of hydrogen-bond acceptors (Lipinski definition) is 6. The molecule has 0 saturated carbocycles. The minimum absolute atomic E-state index is 0.0481. The number of aromatic hydroxyl groups is 1. The van der Waals surface area contributed by atoms with E-state index in [4.69, 9.17) is 5.10 Å². The first-order chi connectivity index (χ1) is 13.9. The predicted octanol–water partition coefficient (Wildman–Crippen LogP) is 2.58. The summed E-state index contributed by atoms with van der Waals surface area (Å²) in [5, 5.41) is 14.9. The Bertz CT molecular complexity index is 1030. The van der Waals surface area contributed by atoms with Gasteiger partial charge in [0, 0.05) is 32.8 Å². The Hall–Kier alpha value is -3.16. The van der Waals surface area contributed by atoms with E-state index >= 15 is 0 Å². The quantitative estimate of drug-likeness (QED) is 0.716. The maximum absolute atomic E-state index is 12.4. The number of hydrogen-bond donors (Lipinski definition) is 1. The molecule has 0 spiro atoms. The molecule has 1 aliphatic heterocycles. The predicted molar refractivity (Wildman–Crippen MR) is 111 cm³/mol. The molecule has 1 aliphatic rings. The highest BCUT2D eigenvalue weighted by atomic mass is 16.3. The Labute approximate surface area is 169 Å². The van der Waals surface area contributed by atoms with Gasteiger partial charge in [-0.2, -0.15) is 0 Å². The topological polar surface area (TPSA) is 86.9 Å². The number of pyridine rings is 1. The van der Waals surface area contributed by atoms with Crippen LogP contribution in [0.1, 0.15) is 26.7 Å². The molecule has 4 heterocycles. The molecular formula is C21H26N6O2. The highest BCUT2D eigenvalue weighted by Crippen LogP contribution is 2.28. The van der Waals surface area contributed by atoms with Gasteiger partial charge in [-0.15, -0.1) is 5.10 Å². The first-order valence-electron chi connectivity index (χ1n) is 9.93. The van der Waals surface area contributed by atoms with Crippen molar-refractivity contribution >= 4 is 17.4 Å². The number of imidazole rings is 1. The number of amides is 1. The number of nitrogens with zero attached hydrogens (tertiary/aromatic N) is 6. The molecule has 1 unspecified atom stereocenters. The number of fused-ring (bicyclic) bond motifs is 1. The van der Waals surface area contributed by atoms with E-state index in [0.29, 0.717) is 29.2 Å². The van der Waals surface area contributed by atoms with E-state index in [9.17, 15) is 9.90 Å². The third kappa shape index (κ3) is 3.74. The van der Waals surface area contributed by atoms with E-state index in [2.05, 4.69) is 28.7 Å². The zero-order chi connectivity index (χ0) is 20.5. The average molecular weight is 394 g/mol. The average Bonchev–Trinajstić information content (AvgIpc) is 3.34. The van der Waals surface area contributed by atoms with Crippen molar-refractivity contribution < 1.29 is 9.90 Å². The van der Waals surface area contributed by atoms with Crippen molar-refractivity contribution in [3.63, 3.8) is 0 Å². The fourth-order valence-corrected chi connectivity index (χ4v) is 3.78. The van der Waals surface area contributed by atoms with Crippen LogP contribution in [0.5, 0.6) is 5.88 Å². The van der Waals surface area contributed by atoms with Crippen LogP contribution in [0, 0.1) is 5.92 Å². The molecule has 8 heteroatoms. The van der Waals surface area contributed by atoms with Crippen molar-refractivity contribution in [2.75, 3.05) is 25.0 Å². The summed E-state index contributed by atoms with van der Waals surface area (Å²) in [4.78, 5) is 24.8. The summed E-state index contributed by atoms with van der Waals surface area (Å²) in [6, 6.07) is 7.62. The molecule has 1 fully saturated rings. The second-order valence-electron chi connectivity index (χ2n) is 7.97.